The molecule has 1 aromatic rings. The molecule has 1 fully saturated rings. The Morgan fingerprint density at radius 1 is 1.53 bits per heavy atom. The quantitative estimate of drug-likeness (QED) is 0.847. The van der Waals surface area contributed by atoms with Gasteiger partial charge in [-0.1, -0.05) is 0 Å². The van der Waals surface area contributed by atoms with Crippen molar-refractivity contribution >= 4 is 5.97 Å². The van der Waals surface area contributed by atoms with Gasteiger partial charge in [-0.05, 0) is 31.4 Å². The van der Waals surface area contributed by atoms with E-state index in [2.05, 4.69) is 0 Å². The fourth-order valence-corrected chi connectivity index (χ4v) is 2.09. The first-order valence-corrected chi connectivity index (χ1v) is 5.24. The minimum Gasteiger partial charge on any atom is -0.505 e. The van der Waals surface area contributed by atoms with Crippen molar-refractivity contribution in [1.29, 1.82) is 0 Å². The molecule has 0 unspecified atom stereocenters. The number of hydrogen-bond acceptors (Lipinski definition) is 3. The zero-order chi connectivity index (χ0) is 12.8. The highest BCUT2D eigenvalue weighted by atomic mass is 19.1. The summed E-state index contributed by atoms with van der Waals surface area (Å²) in [5.41, 5.74) is -0.506. The van der Waals surface area contributed by atoms with Gasteiger partial charge in [0.1, 0.15) is 0 Å². The van der Waals surface area contributed by atoms with Crippen molar-refractivity contribution < 1.29 is 24.1 Å². The molecule has 92 valence electrons. The first-order chi connectivity index (χ1) is 7.94. The Morgan fingerprint density at radius 3 is 2.53 bits per heavy atom. The number of hydrogen-bond donors (Lipinski definition) is 2. The summed E-state index contributed by atoms with van der Waals surface area (Å²) in [7, 11) is 1.30. The number of phenols is 1. The predicted octanol–water partition coefficient (Wildman–Crippen LogP) is 1.96. The largest absolute Gasteiger partial charge is 0.505 e. The van der Waals surface area contributed by atoms with Crippen LogP contribution in [0.25, 0.3) is 0 Å². The number of carboxylic acids is 1. The summed E-state index contributed by atoms with van der Waals surface area (Å²) in [5, 5.41) is 18.9. The third kappa shape index (κ3) is 1.53. The molecule has 2 N–H and O–H groups in total. The van der Waals surface area contributed by atoms with Crippen molar-refractivity contribution in [3.05, 3.63) is 23.0 Å². The summed E-state index contributed by atoms with van der Waals surface area (Å²) in [6.07, 6.45) is 0.836. The molecule has 17 heavy (non-hydrogen) atoms. The highest BCUT2D eigenvalue weighted by molar-refractivity contribution is 5.86. The van der Waals surface area contributed by atoms with Crippen molar-refractivity contribution in [3.8, 4) is 11.5 Å². The summed E-state index contributed by atoms with van der Waals surface area (Å²) >= 11 is 0. The van der Waals surface area contributed by atoms with Gasteiger partial charge in [-0.25, -0.2) is 0 Å². The van der Waals surface area contributed by atoms with Gasteiger partial charge in [0.15, 0.2) is 11.5 Å². The summed E-state index contributed by atoms with van der Waals surface area (Å²) in [6, 6.07) is 1.48. The molecule has 0 heterocycles. The zero-order valence-corrected chi connectivity index (χ0v) is 9.58. The second-order valence-electron chi connectivity index (χ2n) is 4.32. The molecule has 1 aliphatic carbocycles. The van der Waals surface area contributed by atoms with Gasteiger partial charge < -0.3 is 14.9 Å². The number of ether oxygens (including phenoxy) is 1. The molecule has 0 saturated heterocycles. The fraction of sp³-hybridized carbons (Fsp3) is 0.417. The summed E-state index contributed by atoms with van der Waals surface area (Å²) in [6.45, 7) is 1.61. The van der Waals surface area contributed by atoms with Gasteiger partial charge in [0.2, 0.25) is 5.82 Å². The van der Waals surface area contributed by atoms with Crippen LogP contribution in [0.2, 0.25) is 0 Å². The van der Waals surface area contributed by atoms with Crippen molar-refractivity contribution in [3.63, 3.8) is 0 Å². The summed E-state index contributed by atoms with van der Waals surface area (Å²) in [5.74, 6) is -2.59. The SMILES string of the molecule is COc1c(C)cc(C2(C(=O)O)CC2)c(O)c1F. The Bertz CT molecular complexity index is 492. The molecule has 1 aromatic carbocycles. The molecule has 0 amide bonds. The van der Waals surface area contributed by atoms with Crippen LogP contribution in [0.5, 0.6) is 11.5 Å². The van der Waals surface area contributed by atoms with Crippen molar-refractivity contribution in [2.75, 3.05) is 7.11 Å². The number of halogens is 1. The number of phenolic OH excluding ortho intramolecular Hbond substituents is 1. The van der Waals surface area contributed by atoms with E-state index < -0.39 is 23.0 Å². The van der Waals surface area contributed by atoms with Gasteiger partial charge in [-0.2, -0.15) is 4.39 Å². The minimum atomic E-state index is -1.12. The third-order valence-electron chi connectivity index (χ3n) is 3.26. The average Bonchev–Trinajstić information content (AvgIpc) is 3.05. The van der Waals surface area contributed by atoms with E-state index in [0.29, 0.717) is 18.4 Å². The monoisotopic (exact) mass is 240 g/mol. The Balaban J connectivity index is 2.62. The number of aryl methyl sites for hydroxylation is 1. The molecule has 5 heteroatoms. The highest BCUT2D eigenvalue weighted by Crippen LogP contribution is 2.53. The Hall–Kier alpha value is -1.78. The van der Waals surface area contributed by atoms with Crippen LogP contribution in [-0.2, 0) is 10.2 Å². The maximum Gasteiger partial charge on any atom is 0.314 e. The smallest absolute Gasteiger partial charge is 0.314 e. The Kier molecular flexibility index (Phi) is 2.49. The standard InChI is InChI=1S/C12H13FO4/c1-6-5-7(12(3-4-12)11(15)16)9(14)8(13)10(6)17-2/h5,14H,3-4H2,1-2H3,(H,15,16). The molecule has 1 aliphatic rings. The van der Waals surface area contributed by atoms with Crippen LogP contribution < -0.4 is 4.74 Å². The predicted molar refractivity (Wildman–Crippen MR) is 57.9 cm³/mol. The lowest BCUT2D eigenvalue weighted by Crippen LogP contribution is -2.20. The lowest BCUT2D eigenvalue weighted by molar-refractivity contribution is -0.140. The van der Waals surface area contributed by atoms with E-state index in [-0.39, 0.29) is 11.3 Å². The zero-order valence-electron chi connectivity index (χ0n) is 9.58. The van der Waals surface area contributed by atoms with Crippen LogP contribution in [0.3, 0.4) is 0 Å². The van der Waals surface area contributed by atoms with Gasteiger partial charge in [0.05, 0.1) is 12.5 Å². The lowest BCUT2D eigenvalue weighted by atomic mass is 9.93. The number of carboxylic acid groups (broad SMARTS) is 1. The minimum absolute atomic E-state index is 0.0487. The second-order valence-corrected chi connectivity index (χ2v) is 4.32. The molecule has 0 bridgehead atoms. The van der Waals surface area contributed by atoms with Gasteiger partial charge in [-0.3, -0.25) is 4.79 Å². The number of aliphatic carboxylic acids is 1. The molecule has 4 nitrogen and oxygen atoms in total. The maximum absolute atomic E-state index is 13.8. The molecule has 0 atom stereocenters. The molecular formula is C12H13FO4. The van der Waals surface area contributed by atoms with Crippen molar-refractivity contribution in [1.82, 2.24) is 0 Å². The van der Waals surface area contributed by atoms with Crippen molar-refractivity contribution in [2.45, 2.75) is 25.2 Å². The topological polar surface area (TPSA) is 66.8 Å². The average molecular weight is 240 g/mol. The normalized spacial score (nSPS) is 16.6. The van der Waals surface area contributed by atoms with E-state index in [9.17, 15) is 14.3 Å². The van der Waals surface area contributed by atoms with Crippen LogP contribution in [0.1, 0.15) is 24.0 Å². The van der Waals surface area contributed by atoms with Crippen LogP contribution in [-0.4, -0.2) is 23.3 Å². The molecular weight excluding hydrogens is 227 g/mol. The number of rotatable bonds is 3. The third-order valence-corrected chi connectivity index (χ3v) is 3.26. The van der Waals surface area contributed by atoms with Crippen molar-refractivity contribution in [2.24, 2.45) is 0 Å². The van der Waals surface area contributed by atoms with E-state index >= 15 is 0 Å². The van der Waals surface area contributed by atoms with E-state index in [1.165, 1.54) is 13.2 Å². The molecule has 0 spiro atoms. The maximum atomic E-state index is 13.8. The Labute approximate surface area is 97.6 Å². The second kappa shape index (κ2) is 3.61. The number of benzene rings is 1. The van der Waals surface area contributed by atoms with Crippen LogP contribution >= 0.6 is 0 Å². The Morgan fingerprint density at radius 2 is 2.12 bits per heavy atom. The van der Waals surface area contributed by atoms with Gasteiger partial charge in [-0.15, -0.1) is 0 Å². The summed E-state index contributed by atoms with van der Waals surface area (Å²) < 4.78 is 18.6. The number of aromatic hydroxyl groups is 1. The van der Waals surface area contributed by atoms with E-state index in [1.54, 1.807) is 6.92 Å². The highest BCUT2D eigenvalue weighted by Gasteiger charge is 2.54. The van der Waals surface area contributed by atoms with E-state index in [0.717, 1.165) is 0 Å². The van der Waals surface area contributed by atoms with Crippen LogP contribution in [0, 0.1) is 12.7 Å². The van der Waals surface area contributed by atoms with E-state index in [4.69, 9.17) is 9.84 Å². The summed E-state index contributed by atoms with van der Waals surface area (Å²) in [4.78, 5) is 11.1. The number of carbonyl (C=O) groups is 1. The van der Waals surface area contributed by atoms with Gasteiger partial charge in [0.25, 0.3) is 0 Å². The first-order valence-electron chi connectivity index (χ1n) is 5.24. The molecule has 0 aromatic heterocycles. The number of methoxy groups -OCH3 is 1. The molecule has 0 radical (unpaired) electrons. The fourth-order valence-electron chi connectivity index (χ4n) is 2.09. The van der Waals surface area contributed by atoms with Gasteiger partial charge in [0, 0.05) is 5.56 Å². The molecule has 0 aliphatic heterocycles. The molecule has 2 rings (SSSR count). The van der Waals surface area contributed by atoms with Crippen LogP contribution in [0.4, 0.5) is 4.39 Å². The lowest BCUT2D eigenvalue weighted by Gasteiger charge is -2.16. The molecule has 1 saturated carbocycles. The first kappa shape index (κ1) is 11.7. The van der Waals surface area contributed by atoms with Gasteiger partial charge >= 0.3 is 5.97 Å². The van der Waals surface area contributed by atoms with Crippen LogP contribution in [0.15, 0.2) is 6.07 Å². The van der Waals surface area contributed by atoms with E-state index in [1.807, 2.05) is 0 Å².